The van der Waals surface area contributed by atoms with Crippen LogP contribution in [0.25, 0.3) is 0 Å². The van der Waals surface area contributed by atoms with Gasteiger partial charge >= 0.3 is 0 Å². The molecule has 0 amide bonds. The minimum Gasteiger partial charge on any atom is -0.385 e. The smallest absolute Gasteiger partial charge is 0.191 e. The predicted octanol–water partition coefficient (Wildman–Crippen LogP) is 1.79. The first-order valence-electron chi connectivity index (χ1n) is 9.79. The van der Waals surface area contributed by atoms with Gasteiger partial charge in [-0.1, -0.05) is 18.2 Å². The van der Waals surface area contributed by atoms with Gasteiger partial charge in [0.2, 0.25) is 0 Å². The maximum absolute atomic E-state index is 5.09. The molecule has 1 aliphatic heterocycles. The van der Waals surface area contributed by atoms with Crippen molar-refractivity contribution in [2.45, 2.75) is 26.3 Å². The van der Waals surface area contributed by atoms with Gasteiger partial charge in [0.1, 0.15) is 0 Å². The van der Waals surface area contributed by atoms with E-state index in [0.717, 1.165) is 64.8 Å². The highest BCUT2D eigenvalue weighted by atomic mass is 16.5. The molecular formula is C20H35N5O. The second-order valence-electron chi connectivity index (χ2n) is 6.70. The van der Waals surface area contributed by atoms with Gasteiger partial charge in [-0.15, -0.1) is 0 Å². The van der Waals surface area contributed by atoms with E-state index >= 15 is 0 Å². The number of methoxy groups -OCH3 is 1. The Labute approximate surface area is 158 Å². The Hall–Kier alpha value is -1.79. The summed E-state index contributed by atoms with van der Waals surface area (Å²) >= 11 is 0. The lowest BCUT2D eigenvalue weighted by Crippen LogP contribution is -2.50. The number of aliphatic imine (C=N–C) groups is 1. The molecule has 26 heavy (non-hydrogen) atoms. The van der Waals surface area contributed by atoms with Crippen LogP contribution in [0.1, 0.15) is 20.3 Å². The molecule has 0 bridgehead atoms. The van der Waals surface area contributed by atoms with Crippen LogP contribution in [0.15, 0.2) is 35.3 Å². The molecule has 2 rings (SSSR count). The number of anilines is 1. The minimum atomic E-state index is 0.447. The van der Waals surface area contributed by atoms with E-state index in [2.05, 4.69) is 64.6 Å². The molecule has 1 aromatic rings. The number of ether oxygens (including phenoxy) is 1. The van der Waals surface area contributed by atoms with Crippen molar-refractivity contribution in [1.82, 2.24) is 15.5 Å². The average molecular weight is 362 g/mol. The van der Waals surface area contributed by atoms with E-state index in [0.29, 0.717) is 6.04 Å². The van der Waals surface area contributed by atoms with Crippen LogP contribution in [0.4, 0.5) is 5.69 Å². The summed E-state index contributed by atoms with van der Waals surface area (Å²) in [5.74, 6) is 0.901. The number of rotatable bonds is 9. The van der Waals surface area contributed by atoms with Crippen LogP contribution >= 0.6 is 0 Å². The lowest BCUT2D eigenvalue weighted by atomic mass is 10.2. The van der Waals surface area contributed by atoms with E-state index in [1.54, 1.807) is 7.11 Å². The number of benzene rings is 1. The summed E-state index contributed by atoms with van der Waals surface area (Å²) in [6.45, 7) is 12.0. The molecular weight excluding hydrogens is 326 g/mol. The second-order valence-corrected chi connectivity index (χ2v) is 6.70. The van der Waals surface area contributed by atoms with Gasteiger partial charge in [0.25, 0.3) is 0 Å². The van der Waals surface area contributed by atoms with Crippen LogP contribution in [0.2, 0.25) is 0 Å². The second kappa shape index (κ2) is 11.8. The van der Waals surface area contributed by atoms with Gasteiger partial charge in [0, 0.05) is 64.7 Å². The lowest BCUT2D eigenvalue weighted by molar-refractivity contribution is 0.195. The third-order valence-electron chi connectivity index (χ3n) is 4.73. The summed E-state index contributed by atoms with van der Waals surface area (Å²) in [5, 5.41) is 6.69. The number of hydrogen-bond donors (Lipinski definition) is 2. The zero-order valence-electron chi connectivity index (χ0n) is 16.6. The summed E-state index contributed by atoms with van der Waals surface area (Å²) in [6.07, 6.45) is 0.984. The first-order chi connectivity index (χ1) is 12.7. The Morgan fingerprint density at radius 3 is 2.54 bits per heavy atom. The van der Waals surface area contributed by atoms with Crippen LogP contribution in [0.5, 0.6) is 0 Å². The molecule has 1 aliphatic rings. The molecule has 6 nitrogen and oxygen atoms in total. The Kier molecular flexibility index (Phi) is 9.28. The van der Waals surface area contributed by atoms with E-state index in [4.69, 9.17) is 9.73 Å². The summed E-state index contributed by atoms with van der Waals surface area (Å²) in [7, 11) is 1.73. The van der Waals surface area contributed by atoms with Gasteiger partial charge in [-0.05, 0) is 32.4 Å². The van der Waals surface area contributed by atoms with Crippen molar-refractivity contribution in [1.29, 1.82) is 0 Å². The Balaban J connectivity index is 1.76. The topological polar surface area (TPSA) is 52.1 Å². The quantitative estimate of drug-likeness (QED) is 0.399. The van der Waals surface area contributed by atoms with Crippen LogP contribution in [0, 0.1) is 0 Å². The zero-order valence-corrected chi connectivity index (χ0v) is 16.6. The number of nitrogens with zero attached hydrogens (tertiary/aromatic N) is 3. The Bertz CT molecular complexity index is 514. The van der Waals surface area contributed by atoms with Crippen molar-refractivity contribution in [3.05, 3.63) is 30.3 Å². The van der Waals surface area contributed by atoms with E-state index in [9.17, 15) is 0 Å². The molecule has 0 spiro atoms. The van der Waals surface area contributed by atoms with E-state index in [1.165, 1.54) is 5.69 Å². The normalized spacial score (nSPS) is 17.2. The number of guanidine groups is 1. The van der Waals surface area contributed by atoms with Gasteiger partial charge < -0.3 is 20.3 Å². The Morgan fingerprint density at radius 2 is 1.88 bits per heavy atom. The average Bonchev–Trinajstić information content (AvgIpc) is 2.70. The summed E-state index contributed by atoms with van der Waals surface area (Å²) in [6, 6.07) is 11.1. The molecule has 1 fully saturated rings. The molecule has 1 saturated heterocycles. The molecule has 1 heterocycles. The van der Waals surface area contributed by atoms with Crippen molar-refractivity contribution < 1.29 is 4.74 Å². The maximum Gasteiger partial charge on any atom is 0.191 e. The molecule has 1 unspecified atom stereocenters. The van der Waals surface area contributed by atoms with Gasteiger partial charge in [-0.3, -0.25) is 9.89 Å². The molecule has 2 N–H and O–H groups in total. The molecule has 0 radical (unpaired) electrons. The van der Waals surface area contributed by atoms with E-state index < -0.39 is 0 Å². The van der Waals surface area contributed by atoms with Crippen molar-refractivity contribution in [2.75, 3.05) is 64.4 Å². The fraction of sp³-hybridized carbons (Fsp3) is 0.650. The summed E-state index contributed by atoms with van der Waals surface area (Å²) in [4.78, 5) is 9.77. The first-order valence-corrected chi connectivity index (χ1v) is 9.79. The number of piperazine rings is 1. The summed E-state index contributed by atoms with van der Waals surface area (Å²) in [5.41, 5.74) is 1.33. The molecule has 1 atom stereocenters. The van der Waals surface area contributed by atoms with Gasteiger partial charge in [-0.2, -0.15) is 0 Å². The molecule has 0 aliphatic carbocycles. The van der Waals surface area contributed by atoms with Crippen LogP contribution in [0.3, 0.4) is 0 Å². The number of nitrogens with one attached hydrogen (secondary N) is 2. The molecule has 146 valence electrons. The fourth-order valence-corrected chi connectivity index (χ4v) is 3.16. The third kappa shape index (κ3) is 6.84. The van der Waals surface area contributed by atoms with Crippen LogP contribution in [-0.2, 0) is 4.74 Å². The van der Waals surface area contributed by atoms with Crippen molar-refractivity contribution >= 4 is 11.6 Å². The molecule has 1 aromatic carbocycles. The van der Waals surface area contributed by atoms with Crippen molar-refractivity contribution in [3.63, 3.8) is 0 Å². The monoisotopic (exact) mass is 361 g/mol. The molecule has 0 saturated carbocycles. The van der Waals surface area contributed by atoms with Gasteiger partial charge in [-0.25, -0.2) is 0 Å². The minimum absolute atomic E-state index is 0.447. The summed E-state index contributed by atoms with van der Waals surface area (Å²) < 4.78 is 5.09. The first kappa shape index (κ1) is 20.5. The Morgan fingerprint density at radius 1 is 1.15 bits per heavy atom. The van der Waals surface area contributed by atoms with Crippen molar-refractivity contribution in [2.24, 2.45) is 4.99 Å². The molecule has 6 heteroatoms. The number of para-hydroxylation sites is 1. The highest BCUT2D eigenvalue weighted by molar-refractivity contribution is 5.79. The van der Waals surface area contributed by atoms with Crippen LogP contribution in [-0.4, -0.2) is 76.4 Å². The van der Waals surface area contributed by atoms with E-state index in [-0.39, 0.29) is 0 Å². The van der Waals surface area contributed by atoms with E-state index in [1.807, 2.05) is 0 Å². The largest absolute Gasteiger partial charge is 0.385 e. The lowest BCUT2D eigenvalue weighted by Gasteiger charge is -2.38. The standard InChI is InChI=1S/C20H35N5O/c1-4-21-20(22-11-8-16-26-3)23-17-18(2)24-12-14-25(15-13-24)19-9-6-5-7-10-19/h5-7,9-10,18H,4,8,11-17H2,1-3H3,(H2,21,22,23). The third-order valence-corrected chi connectivity index (χ3v) is 4.73. The van der Waals surface area contributed by atoms with Crippen molar-refractivity contribution in [3.8, 4) is 0 Å². The fourth-order valence-electron chi connectivity index (χ4n) is 3.16. The molecule has 0 aromatic heterocycles. The predicted molar refractivity (Wildman–Crippen MR) is 110 cm³/mol. The van der Waals surface area contributed by atoms with Gasteiger partial charge in [0.05, 0.1) is 6.54 Å². The van der Waals surface area contributed by atoms with Crippen LogP contribution < -0.4 is 15.5 Å². The highest BCUT2D eigenvalue weighted by Crippen LogP contribution is 2.16. The SMILES string of the molecule is CCNC(=NCC(C)N1CCN(c2ccccc2)CC1)NCCCOC. The van der Waals surface area contributed by atoms with Gasteiger partial charge in [0.15, 0.2) is 5.96 Å². The zero-order chi connectivity index (χ0) is 18.6. The number of hydrogen-bond acceptors (Lipinski definition) is 4. The highest BCUT2D eigenvalue weighted by Gasteiger charge is 2.21. The maximum atomic E-state index is 5.09.